The number of nitrogens with one attached hydrogen (secondary N) is 1. The monoisotopic (exact) mass is 360 g/mol. The van der Waals surface area contributed by atoms with Crippen LogP contribution in [0.25, 0.3) is 0 Å². The molecule has 0 unspecified atom stereocenters. The third kappa shape index (κ3) is 3.88. The lowest BCUT2D eigenvalue weighted by Crippen LogP contribution is -2.30. The van der Waals surface area contributed by atoms with E-state index < -0.39 is 14.9 Å². The molecule has 0 aromatic heterocycles. The van der Waals surface area contributed by atoms with E-state index in [4.69, 9.17) is 0 Å². The van der Waals surface area contributed by atoms with Gasteiger partial charge in [-0.05, 0) is 43.7 Å². The van der Waals surface area contributed by atoms with Crippen LogP contribution in [0.2, 0.25) is 0 Å². The highest BCUT2D eigenvalue weighted by Gasteiger charge is 2.36. The summed E-state index contributed by atoms with van der Waals surface area (Å²) in [6.45, 7) is 3.61. The van der Waals surface area contributed by atoms with Gasteiger partial charge < -0.3 is 0 Å². The summed E-state index contributed by atoms with van der Waals surface area (Å²) in [7, 11) is -3.86. The van der Waals surface area contributed by atoms with Crippen molar-refractivity contribution in [1.29, 1.82) is 0 Å². The van der Waals surface area contributed by atoms with Gasteiger partial charge in [-0.15, -0.1) is 0 Å². The summed E-state index contributed by atoms with van der Waals surface area (Å²) in [5, 5.41) is 11.0. The first-order valence-electron chi connectivity index (χ1n) is 8.12. The molecule has 1 aliphatic rings. The normalized spacial score (nSPS) is 15.8. The van der Waals surface area contributed by atoms with Gasteiger partial charge in [0.2, 0.25) is 10.0 Å². The zero-order valence-electron chi connectivity index (χ0n) is 14.1. The van der Waals surface area contributed by atoms with Gasteiger partial charge in [-0.2, -0.15) is 0 Å². The molecule has 1 saturated carbocycles. The maximum absolute atomic E-state index is 12.9. The largest absolute Gasteiger partial charge is 0.270 e. The van der Waals surface area contributed by atoms with E-state index in [9.17, 15) is 18.5 Å². The summed E-state index contributed by atoms with van der Waals surface area (Å²) in [5.41, 5.74) is 2.27. The molecule has 0 heterocycles. The summed E-state index contributed by atoms with van der Waals surface area (Å²) in [6.07, 6.45) is 1.93. The first-order valence-corrected chi connectivity index (χ1v) is 9.60. The Morgan fingerprint density at radius 2 is 1.76 bits per heavy atom. The molecule has 0 radical (unpaired) electrons. The Labute approximate surface area is 147 Å². The second-order valence-electron chi connectivity index (χ2n) is 6.55. The van der Waals surface area contributed by atoms with Crippen LogP contribution in [0.1, 0.15) is 35.6 Å². The maximum Gasteiger partial charge on any atom is 0.270 e. The Bertz CT molecular complexity index is 903. The number of sulfonamides is 1. The van der Waals surface area contributed by atoms with E-state index in [0.29, 0.717) is 5.56 Å². The molecular formula is C18H20N2O4S. The number of nitro benzene ring substituents is 1. The van der Waals surface area contributed by atoms with Gasteiger partial charge in [-0.3, -0.25) is 10.1 Å². The fourth-order valence-corrected chi connectivity index (χ4v) is 4.42. The summed E-state index contributed by atoms with van der Waals surface area (Å²) >= 11 is 0. The first-order chi connectivity index (χ1) is 11.8. The van der Waals surface area contributed by atoms with Gasteiger partial charge in [0.15, 0.2) is 0 Å². The van der Waals surface area contributed by atoms with Gasteiger partial charge in [-0.1, -0.05) is 35.9 Å². The van der Waals surface area contributed by atoms with E-state index >= 15 is 0 Å². The second kappa shape index (κ2) is 6.57. The van der Waals surface area contributed by atoms with Gasteiger partial charge in [0.05, 0.1) is 9.82 Å². The fourth-order valence-electron chi connectivity index (χ4n) is 2.86. The third-order valence-electron chi connectivity index (χ3n) is 4.48. The Morgan fingerprint density at radius 1 is 1.12 bits per heavy atom. The van der Waals surface area contributed by atoms with Crippen LogP contribution < -0.4 is 4.72 Å². The van der Waals surface area contributed by atoms with Crippen molar-refractivity contribution in [2.24, 2.45) is 5.92 Å². The topological polar surface area (TPSA) is 89.3 Å². The highest BCUT2D eigenvalue weighted by atomic mass is 32.2. The Hall–Kier alpha value is -2.25. The molecule has 1 aliphatic carbocycles. The Balaban J connectivity index is 1.95. The van der Waals surface area contributed by atoms with Crippen LogP contribution in [-0.4, -0.2) is 13.3 Å². The molecule has 1 fully saturated rings. The SMILES string of the molecule is Cc1ccc([C@@H](NS(=O)(=O)c2cc([N+](=O)[O-])ccc2C)C2CC2)cc1. The lowest BCUT2D eigenvalue weighted by Gasteiger charge is -2.20. The summed E-state index contributed by atoms with van der Waals surface area (Å²) < 4.78 is 28.5. The zero-order valence-corrected chi connectivity index (χ0v) is 14.9. The van der Waals surface area contributed by atoms with E-state index in [1.165, 1.54) is 12.1 Å². The van der Waals surface area contributed by atoms with Crippen molar-refractivity contribution in [3.05, 3.63) is 69.3 Å². The van der Waals surface area contributed by atoms with E-state index in [1.54, 1.807) is 6.92 Å². The number of rotatable bonds is 6. The van der Waals surface area contributed by atoms with E-state index in [-0.39, 0.29) is 22.5 Å². The number of hydrogen-bond donors (Lipinski definition) is 1. The number of nitro groups is 1. The van der Waals surface area contributed by atoms with Gasteiger partial charge in [0, 0.05) is 18.2 Å². The fraction of sp³-hybridized carbons (Fsp3) is 0.333. The van der Waals surface area contributed by atoms with Crippen LogP contribution in [0.5, 0.6) is 0 Å². The average Bonchev–Trinajstić information content (AvgIpc) is 3.38. The molecule has 6 nitrogen and oxygen atoms in total. The molecule has 0 spiro atoms. The van der Waals surface area contributed by atoms with Crippen molar-refractivity contribution in [2.45, 2.75) is 37.6 Å². The summed E-state index contributed by atoms with van der Waals surface area (Å²) in [5.74, 6) is 0.261. The van der Waals surface area contributed by atoms with Crippen molar-refractivity contribution in [3.63, 3.8) is 0 Å². The van der Waals surface area contributed by atoms with Crippen LogP contribution in [0.15, 0.2) is 47.4 Å². The predicted octanol–water partition coefficient (Wildman–Crippen LogP) is 3.64. The Kier molecular flexibility index (Phi) is 4.62. The molecular weight excluding hydrogens is 340 g/mol. The van der Waals surface area contributed by atoms with E-state index in [0.717, 1.165) is 30.0 Å². The van der Waals surface area contributed by atoms with E-state index in [2.05, 4.69) is 4.72 Å². The molecule has 132 valence electrons. The van der Waals surface area contributed by atoms with Crippen LogP contribution in [-0.2, 0) is 10.0 Å². The molecule has 0 bridgehead atoms. The van der Waals surface area contributed by atoms with E-state index in [1.807, 2.05) is 31.2 Å². The van der Waals surface area contributed by atoms with Gasteiger partial charge in [-0.25, -0.2) is 13.1 Å². The number of hydrogen-bond acceptors (Lipinski definition) is 4. The standard InChI is InChI=1S/C18H20N2O4S/c1-12-3-6-14(7-4-12)18(15-8-9-15)19-25(23,24)17-11-16(20(21)22)10-5-13(17)2/h3-7,10-11,15,18-19H,8-9H2,1-2H3/t18-/m1/s1. The van der Waals surface area contributed by atoms with Gasteiger partial charge in [0.25, 0.3) is 5.69 Å². The smallest absolute Gasteiger partial charge is 0.258 e. The highest BCUT2D eigenvalue weighted by molar-refractivity contribution is 7.89. The van der Waals surface area contributed by atoms with Crippen molar-refractivity contribution >= 4 is 15.7 Å². The molecule has 2 aromatic carbocycles. The molecule has 0 saturated heterocycles. The second-order valence-corrected chi connectivity index (χ2v) is 8.24. The van der Waals surface area contributed by atoms with Crippen molar-refractivity contribution < 1.29 is 13.3 Å². The average molecular weight is 360 g/mol. The quantitative estimate of drug-likeness (QED) is 0.629. The molecule has 7 heteroatoms. The number of benzene rings is 2. The van der Waals surface area contributed by atoms with Crippen LogP contribution in [0.3, 0.4) is 0 Å². The van der Waals surface area contributed by atoms with Crippen LogP contribution >= 0.6 is 0 Å². The molecule has 1 N–H and O–H groups in total. The summed E-state index contributed by atoms with van der Waals surface area (Å²) in [4.78, 5) is 10.3. The van der Waals surface area contributed by atoms with Crippen LogP contribution in [0, 0.1) is 29.9 Å². The lowest BCUT2D eigenvalue weighted by molar-refractivity contribution is -0.385. The summed E-state index contributed by atoms with van der Waals surface area (Å²) in [6, 6.07) is 11.4. The van der Waals surface area contributed by atoms with Gasteiger partial charge >= 0.3 is 0 Å². The van der Waals surface area contributed by atoms with Gasteiger partial charge in [0.1, 0.15) is 0 Å². The lowest BCUT2D eigenvalue weighted by atomic mass is 10.0. The molecule has 0 amide bonds. The molecule has 25 heavy (non-hydrogen) atoms. The maximum atomic E-state index is 12.9. The number of non-ortho nitro benzene ring substituents is 1. The minimum absolute atomic E-state index is 0.0422. The third-order valence-corrected chi connectivity index (χ3v) is 6.07. The number of nitrogens with zero attached hydrogens (tertiary/aromatic N) is 1. The minimum atomic E-state index is -3.86. The molecule has 1 atom stereocenters. The Morgan fingerprint density at radius 3 is 2.32 bits per heavy atom. The number of aryl methyl sites for hydroxylation is 2. The van der Waals surface area contributed by atoms with Crippen molar-refractivity contribution in [2.75, 3.05) is 0 Å². The molecule has 2 aromatic rings. The van der Waals surface area contributed by atoms with Crippen molar-refractivity contribution in [3.8, 4) is 0 Å². The van der Waals surface area contributed by atoms with Crippen LogP contribution in [0.4, 0.5) is 5.69 Å². The van der Waals surface area contributed by atoms with Crippen molar-refractivity contribution in [1.82, 2.24) is 4.72 Å². The first kappa shape index (κ1) is 17.6. The predicted molar refractivity (Wildman–Crippen MR) is 94.8 cm³/mol. The molecule has 0 aliphatic heterocycles. The zero-order chi connectivity index (χ0) is 18.2. The minimum Gasteiger partial charge on any atom is -0.258 e. The highest BCUT2D eigenvalue weighted by Crippen LogP contribution is 2.42. The molecule has 3 rings (SSSR count).